The number of ether oxygens (including phenoxy) is 3. The number of phenolic OH excluding ortho intramolecular Hbond substituents is 1. The highest BCUT2D eigenvalue weighted by atomic mass is 16.5. The topological polar surface area (TPSA) is 72.6 Å². The van der Waals surface area contributed by atoms with Gasteiger partial charge >= 0.3 is 0 Å². The summed E-state index contributed by atoms with van der Waals surface area (Å²) in [4.78, 5) is 0. The summed E-state index contributed by atoms with van der Waals surface area (Å²) in [7, 11) is 4.73. The van der Waals surface area contributed by atoms with Crippen LogP contribution in [-0.2, 0) is 0 Å². The first-order chi connectivity index (χ1) is 13.0. The minimum atomic E-state index is 0.0678. The smallest absolute Gasteiger partial charge is 0.161 e. The maximum absolute atomic E-state index is 10.3. The van der Waals surface area contributed by atoms with Gasteiger partial charge in [0.2, 0.25) is 0 Å². The van der Waals surface area contributed by atoms with Gasteiger partial charge in [-0.3, -0.25) is 0 Å². The maximum atomic E-state index is 10.3. The molecule has 1 atom stereocenters. The molecule has 27 heavy (non-hydrogen) atoms. The third-order valence-corrected chi connectivity index (χ3v) is 4.86. The summed E-state index contributed by atoms with van der Waals surface area (Å²) in [5, 5.41) is 19.3. The molecule has 0 radical (unpaired) electrons. The SMILES string of the molecule is CC[C@H]1C(C)=NN=C(c2ccc(OC)c(OC)c2)c2cc(OC)c(O)cc21. The van der Waals surface area contributed by atoms with Crippen LogP contribution in [0.4, 0.5) is 0 Å². The van der Waals surface area contributed by atoms with Crippen molar-refractivity contribution in [3.05, 3.63) is 47.0 Å². The molecule has 0 aromatic heterocycles. The quantitative estimate of drug-likeness (QED) is 0.861. The van der Waals surface area contributed by atoms with Crippen molar-refractivity contribution in [3.63, 3.8) is 0 Å². The molecule has 3 rings (SSSR count). The molecule has 1 aliphatic heterocycles. The van der Waals surface area contributed by atoms with Crippen LogP contribution in [0.25, 0.3) is 0 Å². The van der Waals surface area contributed by atoms with E-state index in [1.807, 2.05) is 31.2 Å². The Morgan fingerprint density at radius 3 is 2.26 bits per heavy atom. The summed E-state index contributed by atoms with van der Waals surface area (Å²) in [5.74, 6) is 1.83. The van der Waals surface area contributed by atoms with E-state index >= 15 is 0 Å². The molecule has 1 N–H and O–H groups in total. The molecule has 0 spiro atoms. The van der Waals surface area contributed by atoms with Crippen molar-refractivity contribution in [1.29, 1.82) is 0 Å². The van der Waals surface area contributed by atoms with Crippen LogP contribution < -0.4 is 14.2 Å². The zero-order valence-corrected chi connectivity index (χ0v) is 16.2. The molecule has 0 saturated heterocycles. The normalized spacial score (nSPS) is 16.0. The molecule has 0 fully saturated rings. The van der Waals surface area contributed by atoms with Crippen molar-refractivity contribution in [2.75, 3.05) is 21.3 Å². The van der Waals surface area contributed by atoms with Gasteiger partial charge in [0.25, 0.3) is 0 Å². The predicted octanol–water partition coefficient (Wildman–Crippen LogP) is 4.14. The van der Waals surface area contributed by atoms with Crippen LogP contribution in [0.15, 0.2) is 40.5 Å². The van der Waals surface area contributed by atoms with Crippen LogP contribution in [0, 0.1) is 0 Å². The van der Waals surface area contributed by atoms with E-state index in [0.29, 0.717) is 23.0 Å². The van der Waals surface area contributed by atoms with Crippen molar-refractivity contribution in [2.45, 2.75) is 26.2 Å². The van der Waals surface area contributed by atoms with E-state index in [2.05, 4.69) is 17.1 Å². The second-order valence-corrected chi connectivity index (χ2v) is 6.33. The minimum Gasteiger partial charge on any atom is -0.504 e. The Hall–Kier alpha value is -3.02. The standard InChI is InChI=1S/C21H24N2O4/c1-6-14-12(2)22-23-21(13-7-8-18(25-3)20(9-13)27-5)16-11-19(26-4)17(24)10-15(14)16/h7-11,14,24H,6H2,1-5H3/t14-/m0/s1. The maximum Gasteiger partial charge on any atom is 0.161 e. The fraction of sp³-hybridized carbons (Fsp3) is 0.333. The molecule has 1 heterocycles. The number of hydrogen-bond acceptors (Lipinski definition) is 6. The number of fused-ring (bicyclic) bond motifs is 1. The Labute approximate surface area is 159 Å². The Morgan fingerprint density at radius 2 is 1.63 bits per heavy atom. The number of nitrogens with zero attached hydrogens (tertiary/aromatic N) is 2. The Morgan fingerprint density at radius 1 is 0.926 bits per heavy atom. The molecule has 2 aromatic rings. The number of phenols is 1. The van der Waals surface area contributed by atoms with E-state index in [0.717, 1.165) is 28.8 Å². The zero-order chi connectivity index (χ0) is 19.6. The van der Waals surface area contributed by atoms with E-state index < -0.39 is 0 Å². The van der Waals surface area contributed by atoms with Crippen molar-refractivity contribution in [2.24, 2.45) is 10.2 Å². The molecule has 0 aliphatic carbocycles. The highest BCUT2D eigenvalue weighted by molar-refractivity contribution is 6.16. The van der Waals surface area contributed by atoms with Crippen LogP contribution >= 0.6 is 0 Å². The summed E-state index contributed by atoms with van der Waals surface area (Å²) < 4.78 is 16.1. The Balaban J connectivity index is 2.25. The molecular weight excluding hydrogens is 344 g/mol. The molecule has 0 amide bonds. The zero-order valence-electron chi connectivity index (χ0n) is 16.2. The van der Waals surface area contributed by atoms with Crippen LogP contribution in [0.3, 0.4) is 0 Å². The van der Waals surface area contributed by atoms with Gasteiger partial charge in [-0.05, 0) is 49.2 Å². The average Bonchev–Trinajstić information content (AvgIpc) is 2.82. The average molecular weight is 368 g/mol. The number of benzene rings is 2. The van der Waals surface area contributed by atoms with Crippen molar-refractivity contribution < 1.29 is 19.3 Å². The lowest BCUT2D eigenvalue weighted by Crippen LogP contribution is -2.12. The minimum absolute atomic E-state index is 0.0678. The molecule has 0 bridgehead atoms. The molecular formula is C21H24N2O4. The number of hydrogen-bond donors (Lipinski definition) is 1. The third-order valence-electron chi connectivity index (χ3n) is 4.86. The van der Waals surface area contributed by atoms with Gasteiger partial charge in [-0.2, -0.15) is 5.10 Å². The van der Waals surface area contributed by atoms with Crippen molar-refractivity contribution in [1.82, 2.24) is 0 Å². The van der Waals surface area contributed by atoms with Gasteiger partial charge < -0.3 is 19.3 Å². The summed E-state index contributed by atoms with van der Waals surface area (Å²) in [6.07, 6.45) is 0.850. The first kappa shape index (κ1) is 18.8. The van der Waals surface area contributed by atoms with Crippen LogP contribution in [0.1, 0.15) is 42.9 Å². The van der Waals surface area contributed by atoms with Crippen LogP contribution in [0.2, 0.25) is 0 Å². The highest BCUT2D eigenvalue weighted by Gasteiger charge is 2.26. The van der Waals surface area contributed by atoms with Gasteiger partial charge in [-0.25, -0.2) is 0 Å². The fourth-order valence-corrected chi connectivity index (χ4v) is 3.43. The summed E-state index contributed by atoms with van der Waals surface area (Å²) >= 11 is 0. The predicted molar refractivity (Wildman–Crippen MR) is 106 cm³/mol. The second-order valence-electron chi connectivity index (χ2n) is 6.33. The van der Waals surface area contributed by atoms with Crippen LogP contribution in [0.5, 0.6) is 23.0 Å². The number of methoxy groups -OCH3 is 3. The molecule has 6 heteroatoms. The Kier molecular flexibility index (Phi) is 5.35. The van der Waals surface area contributed by atoms with Crippen molar-refractivity contribution >= 4 is 11.4 Å². The van der Waals surface area contributed by atoms with Gasteiger partial charge in [0, 0.05) is 22.8 Å². The fourth-order valence-electron chi connectivity index (χ4n) is 3.43. The van der Waals surface area contributed by atoms with E-state index in [1.165, 1.54) is 7.11 Å². The monoisotopic (exact) mass is 368 g/mol. The second kappa shape index (κ2) is 7.70. The summed E-state index contributed by atoms with van der Waals surface area (Å²) in [6, 6.07) is 9.20. The third kappa shape index (κ3) is 3.35. The van der Waals surface area contributed by atoms with E-state index in [9.17, 15) is 5.11 Å². The van der Waals surface area contributed by atoms with Gasteiger partial charge in [-0.15, -0.1) is 5.10 Å². The van der Waals surface area contributed by atoms with E-state index in [1.54, 1.807) is 20.3 Å². The number of aromatic hydroxyl groups is 1. The Bertz CT molecular complexity index is 919. The number of rotatable bonds is 5. The van der Waals surface area contributed by atoms with E-state index in [-0.39, 0.29) is 11.7 Å². The first-order valence-electron chi connectivity index (χ1n) is 8.79. The van der Waals surface area contributed by atoms with Gasteiger partial charge in [0.1, 0.15) is 5.71 Å². The molecule has 6 nitrogen and oxygen atoms in total. The van der Waals surface area contributed by atoms with Gasteiger partial charge in [0.05, 0.1) is 21.3 Å². The lowest BCUT2D eigenvalue weighted by Gasteiger charge is -2.19. The first-order valence-corrected chi connectivity index (χ1v) is 8.79. The largest absolute Gasteiger partial charge is 0.504 e. The molecule has 0 saturated carbocycles. The van der Waals surface area contributed by atoms with Gasteiger partial charge in [0.15, 0.2) is 23.0 Å². The molecule has 1 aliphatic rings. The highest BCUT2D eigenvalue weighted by Crippen LogP contribution is 2.38. The van der Waals surface area contributed by atoms with Gasteiger partial charge in [-0.1, -0.05) is 6.92 Å². The molecule has 2 aromatic carbocycles. The molecule has 142 valence electrons. The molecule has 0 unspecified atom stereocenters. The summed E-state index contributed by atoms with van der Waals surface area (Å²) in [6.45, 7) is 4.05. The van der Waals surface area contributed by atoms with Crippen molar-refractivity contribution in [3.8, 4) is 23.0 Å². The van der Waals surface area contributed by atoms with Crippen LogP contribution in [-0.4, -0.2) is 37.9 Å². The van der Waals surface area contributed by atoms with E-state index in [4.69, 9.17) is 14.2 Å². The lowest BCUT2D eigenvalue weighted by atomic mass is 9.85. The lowest BCUT2D eigenvalue weighted by molar-refractivity contribution is 0.355. The summed E-state index contributed by atoms with van der Waals surface area (Å²) in [5.41, 5.74) is 4.29.